The first kappa shape index (κ1) is 10.7. The first-order valence-electron chi connectivity index (χ1n) is 4.56. The van der Waals surface area contributed by atoms with Crippen LogP contribution in [0, 0.1) is 6.92 Å². The summed E-state index contributed by atoms with van der Waals surface area (Å²) in [5.74, 6) is -0.0873. The normalized spacial score (nSPS) is 11.6. The van der Waals surface area contributed by atoms with Crippen LogP contribution in [0.25, 0.3) is 0 Å². The molecule has 0 spiro atoms. The van der Waals surface area contributed by atoms with Gasteiger partial charge >= 0.3 is 0 Å². The van der Waals surface area contributed by atoms with E-state index in [0.29, 0.717) is 5.56 Å². The third kappa shape index (κ3) is 1.67. The lowest BCUT2D eigenvalue weighted by Gasteiger charge is -2.05. The number of aromatic nitrogens is 2. The maximum atomic E-state index is 12.1. The number of nitrogens with one attached hydrogen (secondary N) is 1. The number of aryl methyl sites for hydroxylation is 1. The summed E-state index contributed by atoms with van der Waals surface area (Å²) in [5, 5.41) is 9.18. The lowest BCUT2D eigenvalue weighted by Crippen LogP contribution is -2.05. The number of phenols is 1. The maximum absolute atomic E-state index is 12.1. The van der Waals surface area contributed by atoms with Crippen LogP contribution in [0.4, 0.5) is 0 Å². The minimum atomic E-state index is -3.68. The molecule has 16 heavy (non-hydrogen) atoms. The smallest absolute Gasteiger partial charge is 0.240 e. The first-order valence-corrected chi connectivity index (χ1v) is 6.04. The molecule has 0 aliphatic rings. The zero-order chi connectivity index (χ0) is 11.8. The van der Waals surface area contributed by atoms with Crippen molar-refractivity contribution in [2.45, 2.75) is 17.0 Å². The van der Waals surface area contributed by atoms with Gasteiger partial charge in [-0.15, -0.1) is 0 Å². The van der Waals surface area contributed by atoms with E-state index in [4.69, 9.17) is 0 Å². The van der Waals surface area contributed by atoms with E-state index in [-0.39, 0.29) is 15.8 Å². The molecule has 2 aromatic rings. The van der Waals surface area contributed by atoms with Gasteiger partial charge in [0, 0.05) is 12.4 Å². The average Bonchev–Trinajstić information content (AvgIpc) is 2.75. The zero-order valence-electron chi connectivity index (χ0n) is 8.51. The molecule has 6 heteroatoms. The number of H-pyrrole nitrogens is 1. The highest BCUT2D eigenvalue weighted by Gasteiger charge is 2.22. The average molecular weight is 238 g/mol. The predicted molar refractivity (Wildman–Crippen MR) is 56.9 cm³/mol. The van der Waals surface area contributed by atoms with Crippen LogP contribution in [0.1, 0.15) is 5.56 Å². The predicted octanol–water partition coefficient (Wildman–Crippen LogP) is 1.26. The lowest BCUT2D eigenvalue weighted by atomic mass is 10.2. The molecule has 0 saturated carbocycles. The highest BCUT2D eigenvalue weighted by atomic mass is 32.2. The van der Waals surface area contributed by atoms with Gasteiger partial charge in [0.05, 0.1) is 4.90 Å². The van der Waals surface area contributed by atoms with Gasteiger partial charge in [0.2, 0.25) is 15.0 Å². The van der Waals surface area contributed by atoms with E-state index in [2.05, 4.69) is 9.97 Å². The van der Waals surface area contributed by atoms with Crippen molar-refractivity contribution in [3.8, 4) is 5.75 Å². The number of benzene rings is 1. The van der Waals surface area contributed by atoms with Gasteiger partial charge in [-0.2, -0.15) is 0 Å². The molecule has 0 amide bonds. The van der Waals surface area contributed by atoms with Crippen molar-refractivity contribution in [3.05, 3.63) is 36.2 Å². The Bertz CT molecular complexity index is 603. The van der Waals surface area contributed by atoms with E-state index in [1.165, 1.54) is 24.5 Å². The molecule has 0 fully saturated rings. The maximum Gasteiger partial charge on any atom is 0.240 e. The van der Waals surface area contributed by atoms with Crippen molar-refractivity contribution >= 4 is 9.84 Å². The summed E-state index contributed by atoms with van der Waals surface area (Å²) in [6.45, 7) is 1.66. The fourth-order valence-electron chi connectivity index (χ4n) is 1.38. The number of nitrogens with zero attached hydrogens (tertiary/aromatic N) is 1. The van der Waals surface area contributed by atoms with E-state index in [0.717, 1.165) is 0 Å². The summed E-state index contributed by atoms with van der Waals surface area (Å²) in [5.41, 5.74) is 0.564. The number of hydrogen-bond acceptors (Lipinski definition) is 4. The van der Waals surface area contributed by atoms with Crippen LogP contribution in [0.2, 0.25) is 0 Å². The summed E-state index contributed by atoms with van der Waals surface area (Å²) in [7, 11) is -3.68. The molecular formula is C10H10N2O3S. The number of hydrogen-bond donors (Lipinski definition) is 2. The van der Waals surface area contributed by atoms with Crippen LogP contribution >= 0.6 is 0 Å². The first-order chi connectivity index (χ1) is 7.51. The Morgan fingerprint density at radius 1 is 1.38 bits per heavy atom. The molecule has 0 atom stereocenters. The van der Waals surface area contributed by atoms with Crippen molar-refractivity contribution < 1.29 is 13.5 Å². The largest absolute Gasteiger partial charge is 0.508 e. The number of aromatic hydroxyl groups is 1. The fraction of sp³-hybridized carbons (Fsp3) is 0.100. The molecule has 0 aliphatic carbocycles. The SMILES string of the molecule is Cc1ccc(O)cc1S(=O)(=O)c1ncc[nH]1. The standard InChI is InChI=1S/C10H10N2O3S/c1-7-2-3-8(13)6-9(7)16(14,15)10-11-4-5-12-10/h2-6,13H,1H3,(H,11,12). The third-order valence-corrected chi connectivity index (χ3v) is 3.94. The number of sulfone groups is 1. The number of aromatic amines is 1. The van der Waals surface area contributed by atoms with Gasteiger partial charge in [0.15, 0.2) is 0 Å². The van der Waals surface area contributed by atoms with Crippen LogP contribution in [0.15, 0.2) is 40.6 Å². The summed E-state index contributed by atoms with van der Waals surface area (Å²) >= 11 is 0. The minimum Gasteiger partial charge on any atom is -0.508 e. The summed E-state index contributed by atoms with van der Waals surface area (Å²) in [6, 6.07) is 4.20. The van der Waals surface area contributed by atoms with Gasteiger partial charge in [-0.3, -0.25) is 0 Å². The Kier molecular flexibility index (Phi) is 2.43. The molecule has 2 N–H and O–H groups in total. The van der Waals surface area contributed by atoms with E-state index in [1.54, 1.807) is 13.0 Å². The van der Waals surface area contributed by atoms with Crippen LogP contribution in [0.3, 0.4) is 0 Å². The zero-order valence-corrected chi connectivity index (χ0v) is 9.32. The van der Waals surface area contributed by atoms with E-state index >= 15 is 0 Å². The minimum absolute atomic E-state index is 0.0578. The van der Waals surface area contributed by atoms with Crippen LogP contribution in [0.5, 0.6) is 5.75 Å². The van der Waals surface area contributed by atoms with Crippen LogP contribution < -0.4 is 0 Å². The Balaban J connectivity index is 2.65. The molecule has 1 aromatic carbocycles. The Hall–Kier alpha value is -1.82. The van der Waals surface area contributed by atoms with Gasteiger partial charge in [-0.25, -0.2) is 13.4 Å². The van der Waals surface area contributed by atoms with Gasteiger partial charge < -0.3 is 10.1 Å². The van der Waals surface area contributed by atoms with Gasteiger partial charge in [0.1, 0.15) is 5.75 Å². The third-order valence-electron chi connectivity index (χ3n) is 2.19. The Labute approximate surface area is 92.7 Å². The lowest BCUT2D eigenvalue weighted by molar-refractivity contribution is 0.472. The van der Waals surface area contributed by atoms with Gasteiger partial charge in [0.25, 0.3) is 0 Å². The fourth-order valence-corrected chi connectivity index (χ4v) is 2.78. The molecule has 0 radical (unpaired) electrons. The Morgan fingerprint density at radius 2 is 2.12 bits per heavy atom. The molecule has 1 aromatic heterocycles. The van der Waals surface area contributed by atoms with Crippen LogP contribution in [-0.4, -0.2) is 23.5 Å². The monoisotopic (exact) mass is 238 g/mol. The van der Waals surface area contributed by atoms with Crippen molar-refractivity contribution in [2.24, 2.45) is 0 Å². The second-order valence-corrected chi connectivity index (χ2v) is 5.18. The van der Waals surface area contributed by atoms with E-state index in [1.807, 2.05) is 0 Å². The Morgan fingerprint density at radius 3 is 2.75 bits per heavy atom. The second-order valence-electron chi connectivity index (χ2n) is 3.35. The van der Waals surface area contributed by atoms with Gasteiger partial charge in [-0.05, 0) is 24.6 Å². The van der Waals surface area contributed by atoms with Crippen molar-refractivity contribution in [1.82, 2.24) is 9.97 Å². The molecule has 2 rings (SSSR count). The summed E-state index contributed by atoms with van der Waals surface area (Å²) in [4.78, 5) is 6.31. The molecular weight excluding hydrogens is 228 g/mol. The van der Waals surface area contributed by atoms with Crippen molar-refractivity contribution in [2.75, 3.05) is 0 Å². The topological polar surface area (TPSA) is 83.0 Å². The molecule has 84 valence electrons. The number of phenolic OH excluding ortho intramolecular Hbond substituents is 1. The molecule has 1 heterocycles. The van der Waals surface area contributed by atoms with E-state index < -0.39 is 9.84 Å². The summed E-state index contributed by atoms with van der Waals surface area (Å²) in [6.07, 6.45) is 2.80. The second kappa shape index (κ2) is 3.64. The molecule has 0 aliphatic heterocycles. The molecule has 5 nitrogen and oxygen atoms in total. The quantitative estimate of drug-likeness (QED) is 0.825. The highest BCUT2D eigenvalue weighted by molar-refractivity contribution is 7.91. The van der Waals surface area contributed by atoms with Crippen molar-refractivity contribution in [3.63, 3.8) is 0 Å². The van der Waals surface area contributed by atoms with Crippen LogP contribution in [-0.2, 0) is 9.84 Å². The van der Waals surface area contributed by atoms with Gasteiger partial charge in [-0.1, -0.05) is 6.07 Å². The molecule has 0 unspecified atom stereocenters. The highest BCUT2D eigenvalue weighted by Crippen LogP contribution is 2.24. The summed E-state index contributed by atoms with van der Waals surface area (Å²) < 4.78 is 24.1. The number of rotatable bonds is 2. The molecule has 0 bridgehead atoms. The van der Waals surface area contributed by atoms with Crippen molar-refractivity contribution in [1.29, 1.82) is 0 Å². The number of imidazole rings is 1. The molecule has 0 saturated heterocycles. The van der Waals surface area contributed by atoms with E-state index in [9.17, 15) is 13.5 Å².